The van der Waals surface area contributed by atoms with Gasteiger partial charge in [-0.05, 0) is 17.7 Å². The Morgan fingerprint density at radius 1 is 1.53 bits per heavy atom. The van der Waals surface area contributed by atoms with Gasteiger partial charge in [0.05, 0.1) is 5.75 Å². The SMILES string of the molecule is O=C1CSCC(C(=O)NCc2ccncc2)N1. The summed E-state index contributed by atoms with van der Waals surface area (Å²) in [5.74, 6) is 0.856. The van der Waals surface area contributed by atoms with Crippen molar-refractivity contribution in [1.82, 2.24) is 15.6 Å². The molecule has 0 aliphatic carbocycles. The van der Waals surface area contributed by atoms with Crippen molar-refractivity contribution in [1.29, 1.82) is 0 Å². The lowest BCUT2D eigenvalue weighted by Crippen LogP contribution is -2.51. The second kappa shape index (κ2) is 5.67. The lowest BCUT2D eigenvalue weighted by molar-refractivity contribution is -0.127. The molecule has 1 aromatic rings. The fourth-order valence-electron chi connectivity index (χ4n) is 1.50. The van der Waals surface area contributed by atoms with Gasteiger partial charge in [-0.15, -0.1) is 11.8 Å². The Morgan fingerprint density at radius 3 is 3.00 bits per heavy atom. The van der Waals surface area contributed by atoms with E-state index < -0.39 is 6.04 Å². The molecule has 6 heteroatoms. The van der Waals surface area contributed by atoms with E-state index in [9.17, 15) is 9.59 Å². The first kappa shape index (κ1) is 11.9. The number of nitrogens with one attached hydrogen (secondary N) is 2. The summed E-state index contributed by atoms with van der Waals surface area (Å²) in [7, 11) is 0. The van der Waals surface area contributed by atoms with Crippen molar-refractivity contribution in [3.05, 3.63) is 30.1 Å². The number of carbonyl (C=O) groups excluding carboxylic acids is 2. The number of rotatable bonds is 3. The zero-order chi connectivity index (χ0) is 12.1. The lowest BCUT2D eigenvalue weighted by Gasteiger charge is -2.21. The average molecular weight is 251 g/mol. The summed E-state index contributed by atoms with van der Waals surface area (Å²) < 4.78 is 0. The summed E-state index contributed by atoms with van der Waals surface area (Å²) in [6.07, 6.45) is 3.36. The van der Waals surface area contributed by atoms with E-state index in [1.54, 1.807) is 12.4 Å². The maximum Gasteiger partial charge on any atom is 0.243 e. The van der Waals surface area contributed by atoms with Crippen LogP contribution in [0.5, 0.6) is 0 Å². The molecule has 2 heterocycles. The van der Waals surface area contributed by atoms with E-state index in [0.717, 1.165) is 5.56 Å². The molecule has 0 radical (unpaired) electrons. The van der Waals surface area contributed by atoms with Gasteiger partial charge in [-0.3, -0.25) is 14.6 Å². The number of amides is 2. The molecule has 1 saturated heterocycles. The van der Waals surface area contributed by atoms with Crippen molar-refractivity contribution in [3.8, 4) is 0 Å². The van der Waals surface area contributed by atoms with E-state index >= 15 is 0 Å². The largest absolute Gasteiger partial charge is 0.350 e. The molecule has 2 amide bonds. The summed E-state index contributed by atoms with van der Waals surface area (Å²) in [5.41, 5.74) is 0.989. The maximum atomic E-state index is 11.8. The summed E-state index contributed by atoms with van der Waals surface area (Å²) >= 11 is 1.48. The third-order valence-corrected chi connectivity index (χ3v) is 3.42. The third-order valence-electron chi connectivity index (χ3n) is 2.39. The fourth-order valence-corrected chi connectivity index (χ4v) is 2.36. The Kier molecular flexibility index (Phi) is 3.98. The molecule has 1 aromatic heterocycles. The smallest absolute Gasteiger partial charge is 0.243 e. The molecule has 90 valence electrons. The van der Waals surface area contributed by atoms with Crippen LogP contribution in [0.3, 0.4) is 0 Å². The van der Waals surface area contributed by atoms with Crippen LogP contribution in [0.2, 0.25) is 0 Å². The predicted molar refractivity (Wildman–Crippen MR) is 65.3 cm³/mol. The number of carbonyl (C=O) groups is 2. The van der Waals surface area contributed by atoms with Crippen molar-refractivity contribution in [2.24, 2.45) is 0 Å². The van der Waals surface area contributed by atoms with Crippen LogP contribution < -0.4 is 10.6 Å². The van der Waals surface area contributed by atoms with E-state index in [-0.39, 0.29) is 11.8 Å². The standard InChI is InChI=1S/C11H13N3O2S/c15-10-7-17-6-9(14-10)11(16)13-5-8-1-3-12-4-2-8/h1-4,9H,5-7H2,(H,13,16)(H,14,15). The summed E-state index contributed by atoms with van der Waals surface area (Å²) in [6.45, 7) is 0.457. The van der Waals surface area contributed by atoms with Gasteiger partial charge >= 0.3 is 0 Å². The van der Waals surface area contributed by atoms with Crippen molar-refractivity contribution in [2.75, 3.05) is 11.5 Å². The molecule has 1 aliphatic heterocycles. The highest BCUT2D eigenvalue weighted by atomic mass is 32.2. The highest BCUT2D eigenvalue weighted by Crippen LogP contribution is 2.08. The first-order valence-electron chi connectivity index (χ1n) is 5.29. The number of nitrogens with zero attached hydrogens (tertiary/aromatic N) is 1. The highest BCUT2D eigenvalue weighted by Gasteiger charge is 2.24. The van der Waals surface area contributed by atoms with Crippen LogP contribution in [0.15, 0.2) is 24.5 Å². The summed E-state index contributed by atoms with van der Waals surface area (Å²) in [5, 5.41) is 5.46. The number of pyridine rings is 1. The predicted octanol–water partition coefficient (Wildman–Crippen LogP) is -0.0706. The topological polar surface area (TPSA) is 71.1 Å². The van der Waals surface area contributed by atoms with Crippen LogP contribution in [0, 0.1) is 0 Å². The number of aromatic nitrogens is 1. The van der Waals surface area contributed by atoms with Gasteiger partial charge < -0.3 is 10.6 Å². The molecule has 1 fully saturated rings. The second-order valence-electron chi connectivity index (χ2n) is 3.71. The number of thioether (sulfide) groups is 1. The third kappa shape index (κ3) is 3.45. The number of hydrogen-bond donors (Lipinski definition) is 2. The molecule has 1 unspecified atom stereocenters. The van der Waals surface area contributed by atoms with Gasteiger partial charge in [0.25, 0.3) is 0 Å². The van der Waals surface area contributed by atoms with E-state index in [1.807, 2.05) is 12.1 Å². The van der Waals surface area contributed by atoms with Crippen molar-refractivity contribution < 1.29 is 9.59 Å². The summed E-state index contributed by atoms with van der Waals surface area (Å²) in [4.78, 5) is 26.8. The van der Waals surface area contributed by atoms with Gasteiger partial charge in [-0.1, -0.05) is 0 Å². The van der Waals surface area contributed by atoms with Crippen LogP contribution in [-0.2, 0) is 16.1 Å². The Balaban J connectivity index is 1.83. The van der Waals surface area contributed by atoms with E-state index in [2.05, 4.69) is 15.6 Å². The van der Waals surface area contributed by atoms with Crippen LogP contribution in [0.4, 0.5) is 0 Å². The Hall–Kier alpha value is -1.56. The Labute approximate surface area is 103 Å². The average Bonchev–Trinajstić information content (AvgIpc) is 2.37. The van der Waals surface area contributed by atoms with Gasteiger partial charge in [0.2, 0.25) is 11.8 Å². The molecule has 2 N–H and O–H groups in total. The molecule has 1 atom stereocenters. The van der Waals surface area contributed by atoms with Gasteiger partial charge in [0.15, 0.2) is 0 Å². The van der Waals surface area contributed by atoms with Crippen molar-refractivity contribution >= 4 is 23.6 Å². The molecule has 1 aliphatic rings. The zero-order valence-electron chi connectivity index (χ0n) is 9.18. The first-order valence-corrected chi connectivity index (χ1v) is 6.45. The molecular weight excluding hydrogens is 238 g/mol. The number of hydrogen-bond acceptors (Lipinski definition) is 4. The Bertz CT molecular complexity index is 410. The molecular formula is C11H13N3O2S. The zero-order valence-corrected chi connectivity index (χ0v) is 10.00. The van der Waals surface area contributed by atoms with E-state index in [1.165, 1.54) is 11.8 Å². The van der Waals surface area contributed by atoms with Gasteiger partial charge in [0.1, 0.15) is 6.04 Å². The molecule has 0 aromatic carbocycles. The fraction of sp³-hybridized carbons (Fsp3) is 0.364. The normalized spacial score (nSPS) is 19.5. The Morgan fingerprint density at radius 2 is 2.29 bits per heavy atom. The minimum Gasteiger partial charge on any atom is -0.350 e. The van der Waals surface area contributed by atoms with Gasteiger partial charge in [-0.2, -0.15) is 0 Å². The minimum atomic E-state index is -0.414. The first-order chi connectivity index (χ1) is 8.25. The van der Waals surface area contributed by atoms with Crippen molar-refractivity contribution in [3.63, 3.8) is 0 Å². The lowest BCUT2D eigenvalue weighted by atomic mass is 10.2. The maximum absolute atomic E-state index is 11.8. The van der Waals surface area contributed by atoms with E-state index in [4.69, 9.17) is 0 Å². The summed E-state index contributed by atoms with van der Waals surface area (Å²) in [6, 6.07) is 3.27. The quantitative estimate of drug-likeness (QED) is 0.789. The molecule has 0 bridgehead atoms. The van der Waals surface area contributed by atoms with Gasteiger partial charge in [-0.25, -0.2) is 0 Å². The highest BCUT2D eigenvalue weighted by molar-refractivity contribution is 8.00. The van der Waals surface area contributed by atoms with Crippen LogP contribution in [0.1, 0.15) is 5.56 Å². The van der Waals surface area contributed by atoms with Crippen LogP contribution in [0.25, 0.3) is 0 Å². The van der Waals surface area contributed by atoms with E-state index in [0.29, 0.717) is 18.1 Å². The van der Waals surface area contributed by atoms with Crippen molar-refractivity contribution in [2.45, 2.75) is 12.6 Å². The molecule has 5 nitrogen and oxygen atoms in total. The molecule has 0 saturated carbocycles. The molecule has 2 rings (SSSR count). The second-order valence-corrected chi connectivity index (χ2v) is 4.74. The minimum absolute atomic E-state index is 0.0784. The molecule has 17 heavy (non-hydrogen) atoms. The van der Waals surface area contributed by atoms with Gasteiger partial charge in [0, 0.05) is 24.7 Å². The molecule has 0 spiro atoms. The monoisotopic (exact) mass is 251 g/mol. The van der Waals surface area contributed by atoms with Crippen LogP contribution >= 0.6 is 11.8 Å². The van der Waals surface area contributed by atoms with Crippen LogP contribution in [-0.4, -0.2) is 34.3 Å².